The van der Waals surface area contributed by atoms with Gasteiger partial charge in [-0.2, -0.15) is 5.26 Å². The van der Waals surface area contributed by atoms with Crippen LogP contribution in [0.5, 0.6) is 0 Å². The molecule has 26 heavy (non-hydrogen) atoms. The summed E-state index contributed by atoms with van der Waals surface area (Å²) in [6.07, 6.45) is 2.98. The standard InChI is InChI=1S/C19H22N6O/c1-13(2)14-3-4-15(21-11-14)9-19(26)22-17-7-8-25(12-17)18-6-5-16(10-20)23-24-18/h3-6,11,13,17H,7-9,12H2,1-2H3,(H,22,26)/t17-/m0/s1. The van der Waals surface area contributed by atoms with Gasteiger partial charge in [0.2, 0.25) is 5.91 Å². The number of nitrogens with zero attached hydrogens (tertiary/aromatic N) is 5. The molecular weight excluding hydrogens is 328 g/mol. The molecule has 7 nitrogen and oxygen atoms in total. The van der Waals surface area contributed by atoms with Gasteiger partial charge in [0.25, 0.3) is 0 Å². The number of anilines is 1. The summed E-state index contributed by atoms with van der Waals surface area (Å²) in [5.74, 6) is 1.14. The number of hydrogen-bond donors (Lipinski definition) is 1. The van der Waals surface area contributed by atoms with E-state index in [0.717, 1.165) is 24.5 Å². The van der Waals surface area contributed by atoms with Crippen LogP contribution < -0.4 is 10.2 Å². The van der Waals surface area contributed by atoms with Gasteiger partial charge in [0.15, 0.2) is 11.5 Å². The van der Waals surface area contributed by atoms with Crippen LogP contribution in [0.1, 0.15) is 43.1 Å². The fourth-order valence-electron chi connectivity index (χ4n) is 2.96. The summed E-state index contributed by atoms with van der Waals surface area (Å²) in [6.45, 7) is 5.72. The number of aromatic nitrogens is 3. The van der Waals surface area contributed by atoms with Crippen molar-refractivity contribution < 1.29 is 4.79 Å². The Morgan fingerprint density at radius 3 is 2.81 bits per heavy atom. The van der Waals surface area contributed by atoms with E-state index in [4.69, 9.17) is 5.26 Å². The van der Waals surface area contributed by atoms with E-state index in [-0.39, 0.29) is 18.4 Å². The third-order valence-electron chi connectivity index (χ3n) is 4.50. The first-order valence-corrected chi connectivity index (χ1v) is 8.78. The van der Waals surface area contributed by atoms with Crippen molar-refractivity contribution in [1.29, 1.82) is 5.26 Å². The van der Waals surface area contributed by atoms with Crippen LogP contribution in [-0.4, -0.2) is 40.2 Å². The summed E-state index contributed by atoms with van der Waals surface area (Å²) in [6, 6.07) is 9.42. The van der Waals surface area contributed by atoms with E-state index in [9.17, 15) is 4.79 Å². The normalized spacial score (nSPS) is 16.5. The number of hydrogen-bond acceptors (Lipinski definition) is 6. The quantitative estimate of drug-likeness (QED) is 0.883. The Labute approximate surface area is 153 Å². The van der Waals surface area contributed by atoms with Crippen molar-refractivity contribution in [3.63, 3.8) is 0 Å². The molecule has 0 unspecified atom stereocenters. The second-order valence-corrected chi connectivity index (χ2v) is 6.80. The maximum absolute atomic E-state index is 12.3. The molecule has 134 valence electrons. The molecular formula is C19H22N6O. The summed E-state index contributed by atoms with van der Waals surface area (Å²) in [7, 11) is 0. The van der Waals surface area contributed by atoms with Gasteiger partial charge >= 0.3 is 0 Å². The van der Waals surface area contributed by atoms with Crippen LogP contribution in [0.15, 0.2) is 30.5 Å². The van der Waals surface area contributed by atoms with Crippen LogP contribution in [0.4, 0.5) is 5.82 Å². The average molecular weight is 350 g/mol. The lowest BCUT2D eigenvalue weighted by atomic mass is 10.1. The van der Waals surface area contributed by atoms with Gasteiger partial charge in [0.1, 0.15) is 6.07 Å². The largest absolute Gasteiger partial charge is 0.353 e. The highest BCUT2D eigenvalue weighted by Crippen LogP contribution is 2.17. The maximum atomic E-state index is 12.3. The molecule has 0 saturated carbocycles. The summed E-state index contributed by atoms with van der Waals surface area (Å²) >= 11 is 0. The molecule has 1 N–H and O–H groups in total. The molecule has 0 spiro atoms. The van der Waals surface area contributed by atoms with Crippen molar-refractivity contribution >= 4 is 11.7 Å². The highest BCUT2D eigenvalue weighted by Gasteiger charge is 2.25. The lowest BCUT2D eigenvalue weighted by molar-refractivity contribution is -0.121. The van der Waals surface area contributed by atoms with E-state index in [2.05, 4.69) is 39.2 Å². The number of nitriles is 1. The number of amides is 1. The van der Waals surface area contributed by atoms with E-state index in [1.807, 2.05) is 24.4 Å². The van der Waals surface area contributed by atoms with Gasteiger partial charge < -0.3 is 10.2 Å². The van der Waals surface area contributed by atoms with Gasteiger partial charge in [0.05, 0.1) is 6.42 Å². The van der Waals surface area contributed by atoms with Gasteiger partial charge in [-0.15, -0.1) is 10.2 Å². The number of nitrogens with one attached hydrogen (secondary N) is 1. The van der Waals surface area contributed by atoms with E-state index in [1.165, 1.54) is 5.56 Å². The Morgan fingerprint density at radius 1 is 1.35 bits per heavy atom. The molecule has 7 heteroatoms. The minimum absolute atomic E-state index is 0.0208. The van der Waals surface area contributed by atoms with Crippen LogP contribution in [-0.2, 0) is 11.2 Å². The summed E-state index contributed by atoms with van der Waals surface area (Å²) < 4.78 is 0. The van der Waals surface area contributed by atoms with Crippen molar-refractivity contribution in [2.24, 2.45) is 0 Å². The SMILES string of the molecule is CC(C)c1ccc(CC(=O)N[C@H]2CCN(c3ccc(C#N)nn3)C2)nc1. The Balaban J connectivity index is 1.51. The average Bonchev–Trinajstić information content (AvgIpc) is 3.10. The van der Waals surface area contributed by atoms with Gasteiger partial charge in [-0.05, 0) is 36.1 Å². The molecule has 3 rings (SSSR count). The number of pyridine rings is 1. The molecule has 1 aliphatic rings. The second kappa shape index (κ2) is 7.91. The van der Waals surface area contributed by atoms with Crippen molar-refractivity contribution in [3.05, 3.63) is 47.4 Å². The summed E-state index contributed by atoms with van der Waals surface area (Å²) in [4.78, 5) is 18.7. The molecule has 1 aliphatic heterocycles. The number of carbonyl (C=O) groups is 1. The third kappa shape index (κ3) is 4.33. The zero-order chi connectivity index (χ0) is 18.5. The summed E-state index contributed by atoms with van der Waals surface area (Å²) in [5.41, 5.74) is 2.25. The molecule has 2 aromatic rings. The van der Waals surface area contributed by atoms with Crippen LogP contribution in [0.25, 0.3) is 0 Å². The van der Waals surface area contributed by atoms with E-state index in [0.29, 0.717) is 18.2 Å². The van der Waals surface area contributed by atoms with Gasteiger partial charge in [-0.1, -0.05) is 19.9 Å². The second-order valence-electron chi connectivity index (χ2n) is 6.80. The molecule has 1 saturated heterocycles. The first kappa shape index (κ1) is 17.8. The van der Waals surface area contributed by atoms with E-state index >= 15 is 0 Å². The predicted molar refractivity (Wildman–Crippen MR) is 97.5 cm³/mol. The van der Waals surface area contributed by atoms with Crippen LogP contribution in [0, 0.1) is 11.3 Å². The monoisotopic (exact) mass is 350 g/mol. The number of carbonyl (C=O) groups excluding carboxylic acids is 1. The van der Waals surface area contributed by atoms with Crippen molar-refractivity contribution in [3.8, 4) is 6.07 Å². The van der Waals surface area contributed by atoms with Gasteiger partial charge in [-0.25, -0.2) is 0 Å². The molecule has 2 aromatic heterocycles. The minimum atomic E-state index is -0.0208. The maximum Gasteiger partial charge on any atom is 0.226 e. The zero-order valence-electron chi connectivity index (χ0n) is 15.0. The van der Waals surface area contributed by atoms with Crippen molar-refractivity contribution in [1.82, 2.24) is 20.5 Å². The lowest BCUT2D eigenvalue weighted by Crippen LogP contribution is -2.38. The first-order valence-electron chi connectivity index (χ1n) is 8.78. The molecule has 3 heterocycles. The highest BCUT2D eigenvalue weighted by atomic mass is 16.1. The molecule has 0 aromatic carbocycles. The molecule has 0 bridgehead atoms. The summed E-state index contributed by atoms with van der Waals surface area (Å²) in [5, 5.41) is 19.8. The Kier molecular flexibility index (Phi) is 5.42. The smallest absolute Gasteiger partial charge is 0.226 e. The van der Waals surface area contributed by atoms with E-state index in [1.54, 1.807) is 12.1 Å². The Hall–Kier alpha value is -3.01. The molecule has 1 amide bonds. The fourth-order valence-corrected chi connectivity index (χ4v) is 2.96. The number of rotatable bonds is 5. The van der Waals surface area contributed by atoms with Gasteiger partial charge in [-0.3, -0.25) is 9.78 Å². The molecule has 1 fully saturated rings. The van der Waals surface area contributed by atoms with Crippen molar-refractivity contribution in [2.45, 2.75) is 38.6 Å². The Morgan fingerprint density at radius 2 is 2.19 bits per heavy atom. The van der Waals surface area contributed by atoms with Crippen LogP contribution >= 0.6 is 0 Å². The topological polar surface area (TPSA) is 94.8 Å². The lowest BCUT2D eigenvalue weighted by Gasteiger charge is -2.17. The molecule has 0 radical (unpaired) electrons. The zero-order valence-corrected chi connectivity index (χ0v) is 15.0. The van der Waals surface area contributed by atoms with Crippen LogP contribution in [0.3, 0.4) is 0 Å². The fraction of sp³-hybridized carbons (Fsp3) is 0.421. The van der Waals surface area contributed by atoms with Crippen molar-refractivity contribution in [2.75, 3.05) is 18.0 Å². The predicted octanol–water partition coefficient (Wildman–Crippen LogP) is 1.80. The third-order valence-corrected chi connectivity index (χ3v) is 4.50. The molecule has 0 aliphatic carbocycles. The van der Waals surface area contributed by atoms with Gasteiger partial charge in [0, 0.05) is 31.0 Å². The molecule has 1 atom stereocenters. The minimum Gasteiger partial charge on any atom is -0.353 e. The first-order chi connectivity index (χ1) is 12.5. The van der Waals surface area contributed by atoms with Crippen LogP contribution in [0.2, 0.25) is 0 Å². The van der Waals surface area contributed by atoms with E-state index < -0.39 is 0 Å². The Bertz CT molecular complexity index is 794. The highest BCUT2D eigenvalue weighted by molar-refractivity contribution is 5.78.